The highest BCUT2D eigenvalue weighted by molar-refractivity contribution is 5.76. The van der Waals surface area contributed by atoms with Gasteiger partial charge in [-0.3, -0.25) is 4.79 Å². The van der Waals surface area contributed by atoms with E-state index >= 15 is 0 Å². The molecule has 0 aromatic heterocycles. The number of rotatable bonds is 3. The molecular weight excluding hydrogens is 150 g/mol. The van der Waals surface area contributed by atoms with Gasteiger partial charge in [0.25, 0.3) is 0 Å². The van der Waals surface area contributed by atoms with Crippen LogP contribution in [-0.4, -0.2) is 23.4 Å². The molecule has 0 atom stereocenters. The lowest BCUT2D eigenvalue weighted by molar-refractivity contribution is -0.132. The third-order valence-electron chi connectivity index (χ3n) is 1.59. The topological polar surface area (TPSA) is 20.3 Å². The predicted octanol–water partition coefficient (Wildman–Crippen LogP) is 2.68. The molecule has 0 unspecified atom stereocenters. The van der Waals surface area contributed by atoms with Gasteiger partial charge in [0.2, 0.25) is 5.91 Å². The normalized spacial score (nSPS) is 8.92. The Bertz CT molecular complexity index is 110. The van der Waals surface area contributed by atoms with E-state index in [-0.39, 0.29) is 5.91 Å². The largest absolute Gasteiger partial charge is 0.341 e. The SMILES string of the molecule is CC.CCC(=O)N(CC)C(C)C. The van der Waals surface area contributed by atoms with Crippen LogP contribution in [0, 0.1) is 0 Å². The van der Waals surface area contributed by atoms with E-state index in [2.05, 4.69) is 0 Å². The molecule has 0 aliphatic heterocycles. The molecule has 0 aliphatic rings. The summed E-state index contributed by atoms with van der Waals surface area (Å²) < 4.78 is 0. The maximum Gasteiger partial charge on any atom is 0.222 e. The second kappa shape index (κ2) is 8.57. The first-order valence-corrected chi connectivity index (χ1v) is 4.92. The Kier molecular flexibility index (Phi) is 10.0. The van der Waals surface area contributed by atoms with E-state index in [1.165, 1.54) is 0 Å². The Hall–Kier alpha value is -0.530. The molecular formula is C10H23NO. The van der Waals surface area contributed by atoms with Crippen LogP contribution in [0.4, 0.5) is 0 Å². The minimum atomic E-state index is 0.248. The van der Waals surface area contributed by atoms with Gasteiger partial charge in [-0.1, -0.05) is 20.8 Å². The summed E-state index contributed by atoms with van der Waals surface area (Å²) >= 11 is 0. The van der Waals surface area contributed by atoms with Gasteiger partial charge < -0.3 is 4.90 Å². The Morgan fingerprint density at radius 1 is 1.25 bits per heavy atom. The number of nitrogens with zero attached hydrogens (tertiary/aromatic N) is 1. The van der Waals surface area contributed by atoms with Crippen molar-refractivity contribution >= 4 is 5.91 Å². The second-order valence-corrected chi connectivity index (χ2v) is 2.63. The highest BCUT2D eigenvalue weighted by atomic mass is 16.2. The zero-order valence-electron chi connectivity index (χ0n) is 9.35. The monoisotopic (exact) mass is 173 g/mol. The van der Waals surface area contributed by atoms with E-state index in [4.69, 9.17) is 0 Å². The lowest BCUT2D eigenvalue weighted by atomic mass is 10.3. The molecule has 0 spiro atoms. The van der Waals surface area contributed by atoms with Crippen molar-refractivity contribution in [3.8, 4) is 0 Å². The van der Waals surface area contributed by atoms with E-state index in [0.29, 0.717) is 12.5 Å². The Balaban J connectivity index is 0. The molecule has 0 fully saturated rings. The quantitative estimate of drug-likeness (QED) is 0.642. The van der Waals surface area contributed by atoms with E-state index in [1.807, 2.05) is 46.4 Å². The fraction of sp³-hybridized carbons (Fsp3) is 0.900. The molecule has 2 heteroatoms. The Morgan fingerprint density at radius 3 is 1.75 bits per heavy atom. The van der Waals surface area contributed by atoms with Crippen LogP contribution in [-0.2, 0) is 4.79 Å². The van der Waals surface area contributed by atoms with Crippen LogP contribution < -0.4 is 0 Å². The fourth-order valence-electron chi connectivity index (χ4n) is 1.03. The number of carbonyl (C=O) groups is 1. The lowest BCUT2D eigenvalue weighted by Crippen LogP contribution is -2.36. The third kappa shape index (κ3) is 5.16. The minimum Gasteiger partial charge on any atom is -0.341 e. The second-order valence-electron chi connectivity index (χ2n) is 2.63. The van der Waals surface area contributed by atoms with Gasteiger partial charge in [-0.2, -0.15) is 0 Å². The standard InChI is InChI=1S/C8H17NO.C2H6/c1-5-8(10)9(6-2)7(3)4;1-2/h7H,5-6H2,1-4H3;1-2H3. The molecule has 0 N–H and O–H groups in total. The van der Waals surface area contributed by atoms with Crippen molar-refractivity contribution in [1.29, 1.82) is 0 Å². The molecule has 0 aromatic carbocycles. The summed E-state index contributed by atoms with van der Waals surface area (Å²) in [4.78, 5) is 13.0. The lowest BCUT2D eigenvalue weighted by Gasteiger charge is -2.24. The number of carbonyl (C=O) groups excluding carboxylic acids is 1. The molecule has 2 nitrogen and oxygen atoms in total. The molecule has 1 amide bonds. The Morgan fingerprint density at radius 2 is 1.67 bits per heavy atom. The van der Waals surface area contributed by atoms with E-state index in [9.17, 15) is 4.79 Å². The van der Waals surface area contributed by atoms with Gasteiger partial charge in [0.15, 0.2) is 0 Å². The highest BCUT2D eigenvalue weighted by Gasteiger charge is 2.11. The minimum absolute atomic E-state index is 0.248. The molecule has 12 heavy (non-hydrogen) atoms. The predicted molar refractivity (Wildman–Crippen MR) is 54.2 cm³/mol. The van der Waals surface area contributed by atoms with Crippen LogP contribution in [0.3, 0.4) is 0 Å². The van der Waals surface area contributed by atoms with Crippen LogP contribution in [0.15, 0.2) is 0 Å². The molecule has 0 rings (SSSR count). The molecule has 0 saturated carbocycles. The van der Waals surface area contributed by atoms with Gasteiger partial charge in [0.05, 0.1) is 0 Å². The van der Waals surface area contributed by atoms with Crippen LogP contribution in [0.1, 0.15) is 48.0 Å². The third-order valence-corrected chi connectivity index (χ3v) is 1.59. The van der Waals surface area contributed by atoms with Crippen LogP contribution in [0.25, 0.3) is 0 Å². The molecule has 74 valence electrons. The van der Waals surface area contributed by atoms with E-state index < -0.39 is 0 Å². The summed E-state index contributed by atoms with van der Waals surface area (Å²) in [5.41, 5.74) is 0. The van der Waals surface area contributed by atoms with Crippen LogP contribution in [0.2, 0.25) is 0 Å². The van der Waals surface area contributed by atoms with Crippen LogP contribution >= 0.6 is 0 Å². The summed E-state index contributed by atoms with van der Waals surface area (Å²) in [7, 11) is 0. The van der Waals surface area contributed by atoms with E-state index in [1.54, 1.807) is 0 Å². The first kappa shape index (κ1) is 14.0. The van der Waals surface area contributed by atoms with Gasteiger partial charge in [-0.25, -0.2) is 0 Å². The van der Waals surface area contributed by atoms with Gasteiger partial charge in [-0.05, 0) is 20.8 Å². The van der Waals surface area contributed by atoms with Gasteiger partial charge in [-0.15, -0.1) is 0 Å². The average Bonchev–Trinajstić information content (AvgIpc) is 2.08. The fourth-order valence-corrected chi connectivity index (χ4v) is 1.03. The van der Waals surface area contributed by atoms with Crippen molar-refractivity contribution in [2.75, 3.05) is 6.54 Å². The number of hydrogen-bond donors (Lipinski definition) is 0. The summed E-state index contributed by atoms with van der Waals surface area (Å²) in [5, 5.41) is 0. The molecule has 0 bridgehead atoms. The maximum atomic E-state index is 11.1. The average molecular weight is 173 g/mol. The zero-order valence-corrected chi connectivity index (χ0v) is 9.35. The first-order chi connectivity index (χ1) is 5.63. The van der Waals surface area contributed by atoms with Crippen LogP contribution in [0.5, 0.6) is 0 Å². The smallest absolute Gasteiger partial charge is 0.222 e. The molecule has 0 aromatic rings. The molecule has 0 radical (unpaired) electrons. The van der Waals surface area contributed by atoms with Crippen molar-refractivity contribution in [2.45, 2.75) is 54.0 Å². The van der Waals surface area contributed by atoms with Gasteiger partial charge >= 0.3 is 0 Å². The molecule has 0 heterocycles. The number of amides is 1. The maximum absolute atomic E-state index is 11.1. The van der Waals surface area contributed by atoms with E-state index in [0.717, 1.165) is 6.54 Å². The summed E-state index contributed by atoms with van der Waals surface area (Å²) in [6.07, 6.45) is 0.617. The van der Waals surface area contributed by atoms with Crippen molar-refractivity contribution < 1.29 is 4.79 Å². The van der Waals surface area contributed by atoms with Crippen molar-refractivity contribution in [3.63, 3.8) is 0 Å². The van der Waals surface area contributed by atoms with Crippen molar-refractivity contribution in [3.05, 3.63) is 0 Å². The van der Waals surface area contributed by atoms with Gasteiger partial charge in [0.1, 0.15) is 0 Å². The zero-order chi connectivity index (χ0) is 10.1. The van der Waals surface area contributed by atoms with Gasteiger partial charge in [0, 0.05) is 19.0 Å². The number of hydrogen-bond acceptors (Lipinski definition) is 1. The Labute approximate surface area is 77.0 Å². The first-order valence-electron chi connectivity index (χ1n) is 4.92. The summed E-state index contributed by atoms with van der Waals surface area (Å²) in [6.45, 7) is 12.8. The summed E-state index contributed by atoms with van der Waals surface area (Å²) in [5.74, 6) is 0.248. The molecule has 0 aliphatic carbocycles. The highest BCUT2D eigenvalue weighted by Crippen LogP contribution is 1.99. The summed E-state index contributed by atoms with van der Waals surface area (Å²) in [6, 6.07) is 0.345. The van der Waals surface area contributed by atoms with Crippen molar-refractivity contribution in [2.24, 2.45) is 0 Å². The molecule has 0 saturated heterocycles. The van der Waals surface area contributed by atoms with Crippen molar-refractivity contribution in [1.82, 2.24) is 4.90 Å².